The Morgan fingerprint density at radius 1 is 1.14 bits per heavy atom. The molecular formula is C23H21ClN4O6S2. The lowest BCUT2D eigenvalue weighted by Gasteiger charge is -2.20. The molecule has 0 bridgehead atoms. The van der Waals surface area contributed by atoms with E-state index in [1.165, 1.54) is 6.08 Å². The summed E-state index contributed by atoms with van der Waals surface area (Å²) in [6.45, 7) is 2.64. The van der Waals surface area contributed by atoms with Gasteiger partial charge >= 0.3 is 0 Å². The van der Waals surface area contributed by atoms with Crippen LogP contribution in [0.25, 0.3) is 6.08 Å². The van der Waals surface area contributed by atoms with Crippen molar-refractivity contribution < 1.29 is 27.4 Å². The Bertz CT molecular complexity index is 1410. The third-order valence-electron chi connectivity index (χ3n) is 4.74. The average Bonchev–Trinajstić information content (AvgIpc) is 3.26. The number of carbonyl (C=O) groups excluding carboxylic acids is 1. The number of aliphatic imine (C=N–C) groups is 1. The number of nitrogens with one attached hydrogen (secondary N) is 1. The van der Waals surface area contributed by atoms with Crippen molar-refractivity contribution in [1.82, 2.24) is 5.01 Å². The molecule has 0 atom stereocenters. The summed E-state index contributed by atoms with van der Waals surface area (Å²) in [7, 11) is -3.62. The van der Waals surface area contributed by atoms with Crippen molar-refractivity contribution >= 4 is 60.6 Å². The van der Waals surface area contributed by atoms with E-state index in [1.54, 1.807) is 19.1 Å². The highest BCUT2D eigenvalue weighted by molar-refractivity contribution is 8.42. The van der Waals surface area contributed by atoms with Gasteiger partial charge in [-0.25, -0.2) is 8.42 Å². The normalized spacial score (nSPS) is 16.5. The molecular weight excluding hydrogens is 528 g/mol. The number of amidine groups is 2. The van der Waals surface area contributed by atoms with Gasteiger partial charge in [0, 0.05) is 6.26 Å². The molecule has 10 nitrogen and oxygen atoms in total. The van der Waals surface area contributed by atoms with Crippen LogP contribution < -0.4 is 14.2 Å². The number of ether oxygens (including phenoxy) is 3. The Hall–Kier alpha value is -3.35. The number of halogens is 1. The smallest absolute Gasteiger partial charge is 0.283 e. The molecule has 0 unspecified atom stereocenters. The Morgan fingerprint density at radius 2 is 1.86 bits per heavy atom. The summed E-state index contributed by atoms with van der Waals surface area (Å²) in [6, 6.07) is 12.5. The zero-order valence-electron chi connectivity index (χ0n) is 19.2. The predicted octanol–water partition coefficient (Wildman–Crippen LogP) is 3.82. The quantitative estimate of drug-likeness (QED) is 0.389. The number of nitrogens with zero attached hydrogens (tertiary/aromatic N) is 3. The predicted molar refractivity (Wildman–Crippen MR) is 140 cm³/mol. The number of fused-ring (bicyclic) bond motifs is 1. The van der Waals surface area contributed by atoms with Crippen molar-refractivity contribution in [2.75, 3.05) is 26.1 Å². The molecule has 13 heteroatoms. The Morgan fingerprint density at radius 3 is 2.56 bits per heavy atom. The monoisotopic (exact) mass is 548 g/mol. The fourth-order valence-corrected chi connectivity index (χ4v) is 5.14. The summed E-state index contributed by atoms with van der Waals surface area (Å²) in [5, 5.41) is 13.6. The van der Waals surface area contributed by atoms with Crippen molar-refractivity contribution in [2.45, 2.75) is 6.92 Å². The summed E-state index contributed by atoms with van der Waals surface area (Å²) in [4.78, 5) is 16.5. The molecule has 0 saturated heterocycles. The van der Waals surface area contributed by atoms with Gasteiger partial charge in [0.25, 0.3) is 5.91 Å². The van der Waals surface area contributed by atoms with Crippen molar-refractivity contribution in [3.8, 4) is 17.2 Å². The highest BCUT2D eigenvalue weighted by atomic mass is 35.5. The summed E-state index contributed by atoms with van der Waals surface area (Å²) in [6.07, 6.45) is 2.41. The first-order valence-corrected chi connectivity index (χ1v) is 13.7. The van der Waals surface area contributed by atoms with Crippen LogP contribution in [0.4, 0.5) is 0 Å². The van der Waals surface area contributed by atoms with E-state index in [1.807, 2.05) is 30.3 Å². The molecule has 0 aromatic heterocycles. The molecule has 2 aromatic carbocycles. The Kier molecular flexibility index (Phi) is 7.67. The Balaban J connectivity index is 1.55. The van der Waals surface area contributed by atoms with Crippen LogP contribution in [-0.4, -0.2) is 60.8 Å². The molecule has 2 aliphatic heterocycles. The van der Waals surface area contributed by atoms with Crippen molar-refractivity contribution in [2.24, 2.45) is 10.1 Å². The highest BCUT2D eigenvalue weighted by Crippen LogP contribution is 2.38. The molecule has 0 aliphatic carbocycles. The van der Waals surface area contributed by atoms with E-state index in [0.717, 1.165) is 23.0 Å². The minimum absolute atomic E-state index is 0.0112. The van der Waals surface area contributed by atoms with Gasteiger partial charge in [0.2, 0.25) is 19.4 Å². The molecule has 4 rings (SSSR count). The number of thioether (sulfide) groups is 1. The maximum Gasteiger partial charge on any atom is 0.283 e. The molecule has 2 aliphatic rings. The second kappa shape index (κ2) is 10.7. The SMILES string of the molecule is CCOc1cc(/C=C2\C(=N)N3N=C(S(C)(=O)=O)SC3=NC2=O)cc(Cl)c1OCCOc1ccccc1. The number of para-hydroxylation sites is 1. The van der Waals surface area contributed by atoms with Gasteiger partial charge in [0.15, 0.2) is 17.3 Å². The number of carbonyl (C=O) groups is 1. The van der Waals surface area contributed by atoms with Gasteiger partial charge in [-0.05, 0) is 54.6 Å². The van der Waals surface area contributed by atoms with E-state index in [-0.39, 0.29) is 39.2 Å². The van der Waals surface area contributed by atoms with Gasteiger partial charge in [0.05, 0.1) is 17.2 Å². The van der Waals surface area contributed by atoms with E-state index in [4.69, 9.17) is 31.2 Å². The van der Waals surface area contributed by atoms with E-state index in [9.17, 15) is 13.2 Å². The zero-order chi connectivity index (χ0) is 25.9. The molecule has 0 saturated carbocycles. The number of hydrazone groups is 1. The van der Waals surface area contributed by atoms with Crippen LogP contribution in [0.3, 0.4) is 0 Å². The average molecular weight is 549 g/mol. The van der Waals surface area contributed by atoms with Crippen LogP contribution in [-0.2, 0) is 14.6 Å². The highest BCUT2D eigenvalue weighted by Gasteiger charge is 2.38. The standard InChI is InChI=1S/C23H21ClN4O6S2/c1-3-32-18-13-14(12-17(24)19(18)34-10-9-33-15-7-5-4-6-8-15)11-16-20(25)28-22(26-21(16)29)35-23(27-28)36(2,30)31/h4-8,11-13,25H,3,9-10H2,1-2H3/b16-11+,25-20?. The first-order valence-electron chi connectivity index (χ1n) is 10.6. The van der Waals surface area contributed by atoms with Gasteiger partial charge in [-0.1, -0.05) is 29.8 Å². The van der Waals surface area contributed by atoms with Crippen molar-refractivity contribution in [3.63, 3.8) is 0 Å². The molecule has 36 heavy (non-hydrogen) atoms. The molecule has 1 N–H and O–H groups in total. The number of rotatable bonds is 8. The lowest BCUT2D eigenvalue weighted by Crippen LogP contribution is -2.35. The van der Waals surface area contributed by atoms with E-state index in [2.05, 4.69) is 10.1 Å². The first kappa shape index (κ1) is 25.7. The van der Waals surface area contributed by atoms with Gasteiger partial charge in [0.1, 0.15) is 19.0 Å². The van der Waals surface area contributed by atoms with E-state index in [0.29, 0.717) is 29.4 Å². The molecule has 2 aromatic rings. The molecule has 0 spiro atoms. The number of amides is 1. The summed E-state index contributed by atoms with van der Waals surface area (Å²) >= 11 is 7.19. The van der Waals surface area contributed by atoms with Crippen LogP contribution in [0.2, 0.25) is 5.02 Å². The maximum absolute atomic E-state index is 12.6. The van der Waals surface area contributed by atoms with Gasteiger partial charge < -0.3 is 14.2 Å². The van der Waals surface area contributed by atoms with Crippen LogP contribution in [0, 0.1) is 5.41 Å². The summed E-state index contributed by atoms with van der Waals surface area (Å²) < 4.78 is 40.5. The fourth-order valence-electron chi connectivity index (χ4n) is 3.19. The summed E-state index contributed by atoms with van der Waals surface area (Å²) in [5.41, 5.74) is 0.378. The molecule has 188 valence electrons. The number of hydrogen-bond acceptors (Lipinski definition) is 9. The Labute approximate surface area is 217 Å². The largest absolute Gasteiger partial charge is 0.490 e. The van der Waals surface area contributed by atoms with Crippen molar-refractivity contribution in [1.29, 1.82) is 5.41 Å². The van der Waals surface area contributed by atoms with Crippen LogP contribution >= 0.6 is 23.4 Å². The van der Waals surface area contributed by atoms with Crippen LogP contribution in [0.1, 0.15) is 12.5 Å². The lowest BCUT2D eigenvalue weighted by atomic mass is 10.1. The third-order valence-corrected chi connectivity index (χ3v) is 7.60. The minimum atomic E-state index is -3.62. The van der Waals surface area contributed by atoms with Gasteiger partial charge in [-0.15, -0.1) is 5.10 Å². The topological polar surface area (TPSA) is 131 Å². The summed E-state index contributed by atoms with van der Waals surface area (Å²) in [5.74, 6) is 0.388. The zero-order valence-corrected chi connectivity index (χ0v) is 21.6. The third kappa shape index (κ3) is 5.72. The maximum atomic E-state index is 12.6. The van der Waals surface area contributed by atoms with E-state index < -0.39 is 15.7 Å². The molecule has 0 radical (unpaired) electrons. The molecule has 1 amide bonds. The number of benzene rings is 2. The van der Waals surface area contributed by atoms with Crippen LogP contribution in [0.5, 0.6) is 17.2 Å². The van der Waals surface area contributed by atoms with Gasteiger partial charge in [-0.3, -0.25) is 10.2 Å². The minimum Gasteiger partial charge on any atom is -0.490 e. The number of hydrogen-bond donors (Lipinski definition) is 1. The van der Waals surface area contributed by atoms with E-state index >= 15 is 0 Å². The van der Waals surface area contributed by atoms with Crippen molar-refractivity contribution in [3.05, 3.63) is 58.6 Å². The number of sulfone groups is 1. The lowest BCUT2D eigenvalue weighted by molar-refractivity contribution is -0.114. The fraction of sp³-hybridized carbons (Fsp3) is 0.217. The molecule has 2 heterocycles. The second-order valence-corrected chi connectivity index (χ2v) is 11.0. The first-order chi connectivity index (χ1) is 17.2. The van der Waals surface area contributed by atoms with Crippen LogP contribution in [0.15, 0.2) is 58.1 Å². The van der Waals surface area contributed by atoms with Gasteiger partial charge in [-0.2, -0.15) is 10.0 Å². The second-order valence-electron chi connectivity index (χ2n) is 7.43. The molecule has 0 fully saturated rings.